The Hall–Kier alpha value is -4.97. The molecule has 0 aromatic heterocycles. The van der Waals surface area contributed by atoms with Gasteiger partial charge in [0.1, 0.15) is 18.5 Å². The summed E-state index contributed by atoms with van der Waals surface area (Å²) >= 11 is 0. The van der Waals surface area contributed by atoms with Crippen molar-refractivity contribution in [2.24, 2.45) is 0 Å². The lowest BCUT2D eigenvalue weighted by molar-refractivity contribution is -0.154. The molecule has 0 N–H and O–H groups in total. The second kappa shape index (κ2) is 16.2. The highest BCUT2D eigenvalue weighted by atomic mass is 16.6. The Morgan fingerprint density at radius 1 is 0.646 bits per heavy atom. The quantitative estimate of drug-likeness (QED) is 0.0900. The molecule has 1 aliphatic rings. The molecule has 48 heavy (non-hydrogen) atoms. The first-order valence-electron chi connectivity index (χ1n) is 16.6. The van der Waals surface area contributed by atoms with Crippen molar-refractivity contribution in [1.29, 1.82) is 0 Å². The van der Waals surface area contributed by atoms with E-state index in [9.17, 15) is 4.79 Å². The second-order valence-corrected chi connectivity index (χ2v) is 12.0. The van der Waals surface area contributed by atoms with E-state index in [-0.39, 0.29) is 12.1 Å². The Labute approximate surface area is 283 Å². The largest absolute Gasteiger partial charge is 0.491 e. The lowest BCUT2D eigenvalue weighted by Crippen LogP contribution is -2.27. The number of esters is 1. The number of methoxy groups -OCH3 is 1. The van der Waals surface area contributed by atoms with E-state index >= 15 is 0 Å². The highest BCUT2D eigenvalue weighted by Crippen LogP contribution is 2.37. The van der Waals surface area contributed by atoms with Crippen molar-refractivity contribution in [2.45, 2.75) is 38.4 Å². The van der Waals surface area contributed by atoms with Gasteiger partial charge in [-0.05, 0) is 82.0 Å². The highest BCUT2D eigenvalue weighted by Gasteiger charge is 2.24. The summed E-state index contributed by atoms with van der Waals surface area (Å²) in [5.74, 6) is 0.389. The molecule has 5 nitrogen and oxygen atoms in total. The van der Waals surface area contributed by atoms with Gasteiger partial charge < -0.3 is 18.9 Å². The minimum absolute atomic E-state index is 0.244. The fourth-order valence-electron chi connectivity index (χ4n) is 6.18. The smallest absolute Gasteiger partial charge is 0.335 e. The van der Waals surface area contributed by atoms with Crippen LogP contribution < -0.4 is 4.74 Å². The SMILES string of the molecule is CCOC(=O)C(Cc1ccc(OCCOC2c3ccc(Cc4ccccc4)cc3C=Cc3ccc(Cc4ccccc4)cc32)cc1)OC. The second-order valence-electron chi connectivity index (χ2n) is 12.0. The topological polar surface area (TPSA) is 54.0 Å². The van der Waals surface area contributed by atoms with Crippen LogP contribution in [0.3, 0.4) is 0 Å². The molecule has 0 radical (unpaired) electrons. The zero-order chi connectivity index (χ0) is 33.1. The van der Waals surface area contributed by atoms with Crippen LogP contribution in [0, 0.1) is 0 Å². The summed E-state index contributed by atoms with van der Waals surface area (Å²) in [6.07, 6.45) is 5.73. The summed E-state index contributed by atoms with van der Waals surface area (Å²) in [5, 5.41) is 0. The van der Waals surface area contributed by atoms with Crippen LogP contribution in [0.2, 0.25) is 0 Å². The van der Waals surface area contributed by atoms with Crippen molar-refractivity contribution in [3.63, 3.8) is 0 Å². The van der Waals surface area contributed by atoms with Gasteiger partial charge >= 0.3 is 5.97 Å². The van der Waals surface area contributed by atoms with Crippen LogP contribution in [0.4, 0.5) is 0 Å². The van der Waals surface area contributed by atoms with Crippen LogP contribution in [-0.2, 0) is 38.3 Å². The summed E-state index contributed by atoms with van der Waals surface area (Å²) in [6.45, 7) is 2.92. The maximum absolute atomic E-state index is 12.1. The Bertz CT molecular complexity index is 1810. The van der Waals surface area contributed by atoms with E-state index in [0.29, 0.717) is 26.2 Å². The van der Waals surface area contributed by atoms with Gasteiger partial charge in [-0.3, -0.25) is 0 Å². The van der Waals surface area contributed by atoms with E-state index in [1.807, 2.05) is 24.3 Å². The zero-order valence-electron chi connectivity index (χ0n) is 27.6. The Balaban J connectivity index is 1.18. The van der Waals surface area contributed by atoms with Crippen LogP contribution in [0.25, 0.3) is 12.2 Å². The number of ether oxygens (including phenoxy) is 4. The predicted molar refractivity (Wildman–Crippen MR) is 191 cm³/mol. The van der Waals surface area contributed by atoms with Crippen molar-refractivity contribution in [3.05, 3.63) is 171 Å². The summed E-state index contributed by atoms with van der Waals surface area (Å²) in [4.78, 5) is 12.1. The predicted octanol–water partition coefficient (Wildman–Crippen LogP) is 8.66. The molecule has 244 valence electrons. The minimum atomic E-state index is -0.632. The van der Waals surface area contributed by atoms with E-state index in [1.165, 1.54) is 34.9 Å². The van der Waals surface area contributed by atoms with Crippen molar-refractivity contribution in [2.75, 3.05) is 26.9 Å². The Morgan fingerprint density at radius 2 is 1.27 bits per heavy atom. The van der Waals surface area contributed by atoms with Crippen molar-refractivity contribution < 1.29 is 23.7 Å². The number of carbonyl (C=O) groups is 1. The molecule has 5 aromatic carbocycles. The minimum Gasteiger partial charge on any atom is -0.491 e. The average molecular weight is 639 g/mol. The van der Waals surface area contributed by atoms with E-state index < -0.39 is 6.10 Å². The maximum Gasteiger partial charge on any atom is 0.335 e. The van der Waals surface area contributed by atoms with E-state index in [4.69, 9.17) is 18.9 Å². The van der Waals surface area contributed by atoms with Gasteiger partial charge in [0, 0.05) is 13.5 Å². The molecule has 6 rings (SSSR count). The van der Waals surface area contributed by atoms with Crippen molar-refractivity contribution in [1.82, 2.24) is 0 Å². The zero-order valence-corrected chi connectivity index (χ0v) is 27.6. The molecule has 0 aliphatic heterocycles. The fourth-order valence-corrected chi connectivity index (χ4v) is 6.18. The summed E-state index contributed by atoms with van der Waals surface area (Å²) in [7, 11) is 1.52. The van der Waals surface area contributed by atoms with Gasteiger partial charge in [0.05, 0.1) is 13.2 Å². The molecule has 1 aliphatic carbocycles. The first-order valence-corrected chi connectivity index (χ1v) is 16.6. The van der Waals surface area contributed by atoms with Crippen LogP contribution in [0.5, 0.6) is 5.75 Å². The first-order chi connectivity index (χ1) is 23.6. The number of carbonyl (C=O) groups excluding carboxylic acids is 1. The summed E-state index contributed by atoms with van der Waals surface area (Å²) in [5.41, 5.74) is 10.7. The van der Waals surface area contributed by atoms with Gasteiger partial charge in [0.2, 0.25) is 0 Å². The van der Waals surface area contributed by atoms with Crippen molar-refractivity contribution in [3.8, 4) is 5.75 Å². The first kappa shape index (κ1) is 33.0. The van der Waals surface area contributed by atoms with Gasteiger partial charge in [-0.25, -0.2) is 4.79 Å². The molecule has 0 amide bonds. The molecule has 0 spiro atoms. The molecule has 5 heteroatoms. The number of fused-ring (bicyclic) bond motifs is 2. The van der Waals surface area contributed by atoms with Gasteiger partial charge in [-0.15, -0.1) is 0 Å². The van der Waals surface area contributed by atoms with Crippen LogP contribution in [-0.4, -0.2) is 39.0 Å². The van der Waals surface area contributed by atoms with Crippen LogP contribution in [0.15, 0.2) is 121 Å². The molecule has 0 bridgehead atoms. The molecule has 2 atom stereocenters. The molecule has 0 saturated carbocycles. The molecule has 0 fully saturated rings. The van der Waals surface area contributed by atoms with Crippen LogP contribution >= 0.6 is 0 Å². The standard InChI is InChI=1S/C43H42O5/c1-3-46-43(44)41(45-2)30-33-15-21-38(22-16-33)47-24-25-48-42-39-23-17-34(26-31-10-6-4-7-11-31)28-37(39)20-19-36-18-14-35(29-40(36)42)27-32-12-8-5-9-13-32/h4-23,28-29,41-42H,3,24-27,30H2,1-2H3. The van der Waals surface area contributed by atoms with Gasteiger partial charge in [0.25, 0.3) is 0 Å². The number of benzene rings is 5. The molecule has 0 saturated heterocycles. The maximum atomic E-state index is 12.1. The molecule has 0 heterocycles. The van der Waals surface area contributed by atoms with E-state index in [0.717, 1.165) is 40.8 Å². The fraction of sp³-hybridized carbons (Fsp3) is 0.233. The summed E-state index contributed by atoms with van der Waals surface area (Å²) < 4.78 is 23.3. The van der Waals surface area contributed by atoms with Gasteiger partial charge in [-0.2, -0.15) is 0 Å². The van der Waals surface area contributed by atoms with Crippen LogP contribution in [0.1, 0.15) is 63.1 Å². The molecule has 5 aromatic rings. The summed E-state index contributed by atoms with van der Waals surface area (Å²) in [6, 6.07) is 42.3. The Kier molecular flexibility index (Phi) is 11.1. The molecular weight excluding hydrogens is 596 g/mol. The molecule has 2 unspecified atom stereocenters. The van der Waals surface area contributed by atoms with Crippen molar-refractivity contribution >= 4 is 18.1 Å². The number of hydrogen-bond acceptors (Lipinski definition) is 5. The highest BCUT2D eigenvalue weighted by molar-refractivity contribution is 5.77. The lowest BCUT2D eigenvalue weighted by atomic mass is 9.92. The third-order valence-corrected chi connectivity index (χ3v) is 8.63. The van der Waals surface area contributed by atoms with E-state index in [1.54, 1.807) is 6.92 Å². The number of rotatable bonds is 14. The third-order valence-electron chi connectivity index (χ3n) is 8.63. The monoisotopic (exact) mass is 638 g/mol. The third kappa shape index (κ3) is 8.48. The van der Waals surface area contributed by atoms with E-state index in [2.05, 4.69) is 109 Å². The van der Waals surface area contributed by atoms with Gasteiger partial charge in [0.15, 0.2) is 6.10 Å². The molecular formula is C43H42O5. The normalized spacial score (nSPS) is 14.0. The average Bonchev–Trinajstić information content (AvgIpc) is 3.26. The lowest BCUT2D eigenvalue weighted by Gasteiger charge is -2.22. The Morgan fingerprint density at radius 3 is 1.94 bits per heavy atom. The number of hydrogen-bond donors (Lipinski definition) is 0. The van der Waals surface area contributed by atoms with Gasteiger partial charge in [-0.1, -0.05) is 121 Å².